The SMILES string of the molecule is Cn1cc(NC(=O)c2cc(COc3ccccc3Cl)cs2)cn1. The number of carbonyl (C=O) groups is 1. The topological polar surface area (TPSA) is 56.2 Å². The van der Waals surface area contributed by atoms with E-state index < -0.39 is 0 Å². The first-order valence-electron chi connectivity index (χ1n) is 6.86. The summed E-state index contributed by atoms with van der Waals surface area (Å²) in [6.07, 6.45) is 3.35. The fraction of sp³-hybridized carbons (Fsp3) is 0.125. The van der Waals surface area contributed by atoms with E-state index in [1.54, 1.807) is 30.2 Å². The normalized spacial score (nSPS) is 10.5. The summed E-state index contributed by atoms with van der Waals surface area (Å²) in [4.78, 5) is 12.8. The molecule has 3 aromatic rings. The second kappa shape index (κ2) is 6.85. The zero-order valence-corrected chi connectivity index (χ0v) is 13.9. The molecule has 0 bridgehead atoms. The van der Waals surface area contributed by atoms with Crippen LogP contribution in [0.1, 0.15) is 15.2 Å². The molecule has 0 unspecified atom stereocenters. The summed E-state index contributed by atoms with van der Waals surface area (Å²) < 4.78 is 7.30. The summed E-state index contributed by atoms with van der Waals surface area (Å²) in [5.41, 5.74) is 1.59. The van der Waals surface area contributed by atoms with Gasteiger partial charge in [0.2, 0.25) is 0 Å². The number of benzene rings is 1. The van der Waals surface area contributed by atoms with Gasteiger partial charge in [-0.3, -0.25) is 9.48 Å². The van der Waals surface area contributed by atoms with Gasteiger partial charge in [-0.15, -0.1) is 11.3 Å². The highest BCUT2D eigenvalue weighted by molar-refractivity contribution is 7.12. The molecule has 1 amide bonds. The third-order valence-electron chi connectivity index (χ3n) is 3.07. The van der Waals surface area contributed by atoms with Crippen LogP contribution in [0.25, 0.3) is 0 Å². The number of halogens is 1. The maximum atomic E-state index is 12.2. The van der Waals surface area contributed by atoms with Gasteiger partial charge in [0.05, 0.1) is 21.8 Å². The Labute approximate surface area is 142 Å². The van der Waals surface area contributed by atoms with Gasteiger partial charge in [0, 0.05) is 18.8 Å². The second-order valence-electron chi connectivity index (χ2n) is 4.90. The molecule has 0 aliphatic heterocycles. The van der Waals surface area contributed by atoms with Crippen molar-refractivity contribution in [3.8, 4) is 5.75 Å². The molecule has 0 aliphatic rings. The monoisotopic (exact) mass is 347 g/mol. The molecular weight excluding hydrogens is 334 g/mol. The summed E-state index contributed by atoms with van der Waals surface area (Å²) in [6, 6.07) is 9.11. The van der Waals surface area contributed by atoms with Gasteiger partial charge in [-0.2, -0.15) is 5.10 Å². The summed E-state index contributed by atoms with van der Waals surface area (Å²) in [7, 11) is 1.80. The van der Waals surface area contributed by atoms with Crippen LogP contribution in [-0.4, -0.2) is 15.7 Å². The number of amides is 1. The maximum absolute atomic E-state index is 12.2. The number of para-hydroxylation sites is 1. The van der Waals surface area contributed by atoms with Gasteiger partial charge in [0.15, 0.2) is 0 Å². The standard InChI is InChI=1S/C16H14ClN3O2S/c1-20-8-12(7-18-20)19-16(21)15-6-11(10-23-15)9-22-14-5-3-2-4-13(14)17/h2-8,10H,9H2,1H3,(H,19,21). The maximum Gasteiger partial charge on any atom is 0.265 e. The van der Waals surface area contributed by atoms with E-state index in [4.69, 9.17) is 16.3 Å². The van der Waals surface area contributed by atoms with E-state index in [9.17, 15) is 4.79 Å². The highest BCUT2D eigenvalue weighted by Gasteiger charge is 2.11. The number of nitrogens with zero attached hydrogens (tertiary/aromatic N) is 2. The number of hydrogen-bond acceptors (Lipinski definition) is 4. The van der Waals surface area contributed by atoms with Gasteiger partial charge in [-0.25, -0.2) is 0 Å². The quantitative estimate of drug-likeness (QED) is 0.759. The fourth-order valence-corrected chi connectivity index (χ4v) is 2.95. The third-order valence-corrected chi connectivity index (χ3v) is 4.36. The summed E-state index contributed by atoms with van der Waals surface area (Å²) in [5, 5.41) is 9.28. The van der Waals surface area contributed by atoms with Gasteiger partial charge in [0.25, 0.3) is 5.91 Å². The van der Waals surface area contributed by atoms with Crippen LogP contribution in [-0.2, 0) is 13.7 Å². The molecule has 0 spiro atoms. The van der Waals surface area contributed by atoms with Crippen LogP contribution in [0.4, 0.5) is 5.69 Å². The minimum Gasteiger partial charge on any atom is -0.487 e. The summed E-state index contributed by atoms with van der Waals surface area (Å²) in [6.45, 7) is 0.362. The number of carbonyl (C=O) groups excluding carboxylic acids is 1. The van der Waals surface area contributed by atoms with Crippen molar-refractivity contribution in [1.29, 1.82) is 0 Å². The number of thiophene rings is 1. The Kier molecular flexibility index (Phi) is 4.64. The smallest absolute Gasteiger partial charge is 0.265 e. The van der Waals surface area contributed by atoms with E-state index >= 15 is 0 Å². The average Bonchev–Trinajstić information content (AvgIpc) is 3.16. The van der Waals surface area contributed by atoms with E-state index in [2.05, 4.69) is 10.4 Å². The third kappa shape index (κ3) is 3.91. The van der Waals surface area contributed by atoms with E-state index in [0.29, 0.717) is 27.9 Å². The Morgan fingerprint density at radius 1 is 1.43 bits per heavy atom. The molecule has 0 radical (unpaired) electrons. The van der Waals surface area contributed by atoms with E-state index in [1.165, 1.54) is 11.3 Å². The molecule has 0 saturated heterocycles. The first-order valence-corrected chi connectivity index (χ1v) is 8.12. The van der Waals surface area contributed by atoms with E-state index in [0.717, 1.165) is 5.56 Å². The van der Waals surface area contributed by atoms with Crippen LogP contribution in [0.2, 0.25) is 5.02 Å². The molecule has 23 heavy (non-hydrogen) atoms. The first kappa shape index (κ1) is 15.6. The number of ether oxygens (including phenoxy) is 1. The lowest BCUT2D eigenvalue weighted by Gasteiger charge is -2.06. The average molecular weight is 348 g/mol. The Balaban J connectivity index is 1.61. The molecule has 0 aliphatic carbocycles. The summed E-state index contributed by atoms with van der Waals surface area (Å²) >= 11 is 7.41. The molecule has 0 fully saturated rings. The van der Waals surface area contributed by atoms with Crippen LogP contribution < -0.4 is 10.1 Å². The second-order valence-corrected chi connectivity index (χ2v) is 6.21. The Morgan fingerprint density at radius 2 is 2.26 bits per heavy atom. The number of anilines is 1. The highest BCUT2D eigenvalue weighted by atomic mass is 35.5. The fourth-order valence-electron chi connectivity index (χ4n) is 1.97. The molecular formula is C16H14ClN3O2S. The van der Waals surface area contributed by atoms with Crippen molar-refractivity contribution in [3.63, 3.8) is 0 Å². The number of aryl methyl sites for hydroxylation is 1. The van der Waals surface area contributed by atoms with Gasteiger partial charge >= 0.3 is 0 Å². The molecule has 0 atom stereocenters. The van der Waals surface area contributed by atoms with Crippen LogP contribution in [0.3, 0.4) is 0 Å². The predicted octanol–water partition coefficient (Wildman–Crippen LogP) is 3.97. The Hall–Kier alpha value is -2.31. The molecule has 0 saturated carbocycles. The zero-order chi connectivity index (χ0) is 16.2. The number of aromatic nitrogens is 2. The van der Waals surface area contributed by atoms with Crippen LogP contribution in [0, 0.1) is 0 Å². The van der Waals surface area contributed by atoms with Crippen molar-refractivity contribution in [2.45, 2.75) is 6.61 Å². The lowest BCUT2D eigenvalue weighted by atomic mass is 10.3. The summed E-state index contributed by atoms with van der Waals surface area (Å²) in [5.74, 6) is 0.466. The minimum absolute atomic E-state index is 0.160. The van der Waals surface area contributed by atoms with Gasteiger partial charge in [-0.05, 0) is 23.6 Å². The number of nitrogens with one attached hydrogen (secondary N) is 1. The number of rotatable bonds is 5. The largest absolute Gasteiger partial charge is 0.487 e. The van der Waals surface area contributed by atoms with E-state index in [-0.39, 0.29) is 5.91 Å². The molecule has 7 heteroatoms. The predicted molar refractivity (Wildman–Crippen MR) is 91.3 cm³/mol. The van der Waals surface area contributed by atoms with Crippen LogP contribution in [0.5, 0.6) is 5.75 Å². The van der Waals surface area contributed by atoms with Crippen molar-refractivity contribution >= 4 is 34.5 Å². The van der Waals surface area contributed by atoms with Crippen molar-refractivity contribution in [1.82, 2.24) is 9.78 Å². The molecule has 5 nitrogen and oxygen atoms in total. The van der Waals surface area contributed by atoms with Crippen molar-refractivity contribution in [2.75, 3.05) is 5.32 Å². The lowest BCUT2D eigenvalue weighted by molar-refractivity contribution is 0.103. The number of hydrogen-bond donors (Lipinski definition) is 1. The molecule has 3 rings (SSSR count). The Morgan fingerprint density at radius 3 is 3.00 bits per heavy atom. The van der Waals surface area contributed by atoms with Gasteiger partial charge in [0.1, 0.15) is 12.4 Å². The molecule has 1 N–H and O–H groups in total. The van der Waals surface area contributed by atoms with Crippen LogP contribution in [0.15, 0.2) is 48.1 Å². The molecule has 118 valence electrons. The zero-order valence-electron chi connectivity index (χ0n) is 12.3. The van der Waals surface area contributed by atoms with Crippen molar-refractivity contribution in [3.05, 3.63) is 63.6 Å². The van der Waals surface area contributed by atoms with Gasteiger partial charge < -0.3 is 10.1 Å². The molecule has 2 heterocycles. The highest BCUT2D eigenvalue weighted by Crippen LogP contribution is 2.25. The lowest BCUT2D eigenvalue weighted by Crippen LogP contribution is -2.09. The van der Waals surface area contributed by atoms with E-state index in [1.807, 2.05) is 29.6 Å². The first-order chi connectivity index (χ1) is 11.1. The van der Waals surface area contributed by atoms with Crippen LogP contribution >= 0.6 is 22.9 Å². The molecule has 2 aromatic heterocycles. The molecule has 1 aromatic carbocycles. The minimum atomic E-state index is -0.160. The van der Waals surface area contributed by atoms with Gasteiger partial charge in [-0.1, -0.05) is 23.7 Å². The van der Waals surface area contributed by atoms with Crippen molar-refractivity contribution < 1.29 is 9.53 Å². The Bertz CT molecular complexity index is 828. The van der Waals surface area contributed by atoms with Crippen molar-refractivity contribution in [2.24, 2.45) is 7.05 Å².